The van der Waals surface area contributed by atoms with Gasteiger partial charge in [0, 0.05) is 51.6 Å². The second-order valence-corrected chi connectivity index (χ2v) is 7.76. The van der Waals surface area contributed by atoms with Crippen molar-refractivity contribution in [3.63, 3.8) is 0 Å². The van der Waals surface area contributed by atoms with E-state index in [4.69, 9.17) is 10.5 Å². The van der Waals surface area contributed by atoms with Crippen LogP contribution in [0.5, 0.6) is 0 Å². The number of piperazine rings is 1. The van der Waals surface area contributed by atoms with Gasteiger partial charge in [0.25, 0.3) is 0 Å². The van der Waals surface area contributed by atoms with Gasteiger partial charge in [-0.15, -0.1) is 24.8 Å². The maximum atomic E-state index is 12.8. The lowest BCUT2D eigenvalue weighted by molar-refractivity contribution is -0.142. The minimum absolute atomic E-state index is 0. The standard InChI is InChI=1S/C20H28N4O3.2ClH/c21-20(6-13-27-14-7-20)19(26)23-11-9-22(10-12-23)15-18(25)24-8-5-16-3-1-2-4-17(16)24;;/h1-4H,5-15,21H2;2*1H. The highest BCUT2D eigenvalue weighted by atomic mass is 35.5. The van der Waals surface area contributed by atoms with E-state index in [0.29, 0.717) is 58.8 Å². The number of amides is 2. The van der Waals surface area contributed by atoms with Crippen molar-refractivity contribution in [1.82, 2.24) is 9.80 Å². The Morgan fingerprint density at radius 3 is 2.34 bits per heavy atom. The van der Waals surface area contributed by atoms with Gasteiger partial charge in [-0.1, -0.05) is 18.2 Å². The number of nitrogens with zero attached hydrogens (tertiary/aromatic N) is 3. The SMILES string of the molecule is Cl.Cl.NC1(C(=O)N2CCN(CC(=O)N3CCc4ccccc43)CC2)CCOCC1. The number of carbonyl (C=O) groups excluding carboxylic acids is 2. The third kappa shape index (κ3) is 5.03. The van der Waals surface area contributed by atoms with Gasteiger partial charge in [0.1, 0.15) is 0 Å². The van der Waals surface area contributed by atoms with Crippen LogP contribution in [0.1, 0.15) is 18.4 Å². The van der Waals surface area contributed by atoms with Gasteiger partial charge >= 0.3 is 0 Å². The van der Waals surface area contributed by atoms with E-state index in [1.165, 1.54) is 5.56 Å². The molecule has 29 heavy (non-hydrogen) atoms. The first-order valence-electron chi connectivity index (χ1n) is 9.83. The predicted molar refractivity (Wildman–Crippen MR) is 117 cm³/mol. The molecular weight excluding hydrogens is 415 g/mol. The van der Waals surface area contributed by atoms with Crippen LogP contribution in [0.25, 0.3) is 0 Å². The van der Waals surface area contributed by atoms with Crippen molar-refractivity contribution in [2.24, 2.45) is 5.73 Å². The third-order valence-corrected chi connectivity index (χ3v) is 6.02. The minimum Gasteiger partial charge on any atom is -0.381 e. The molecular formula is C20H30Cl2N4O3. The molecule has 0 atom stereocenters. The summed E-state index contributed by atoms with van der Waals surface area (Å²) < 4.78 is 5.34. The maximum absolute atomic E-state index is 12.8. The zero-order valence-electron chi connectivity index (χ0n) is 16.5. The molecule has 2 N–H and O–H groups in total. The van der Waals surface area contributed by atoms with Crippen molar-refractivity contribution in [3.05, 3.63) is 29.8 Å². The fraction of sp³-hybridized carbons (Fsp3) is 0.600. The number of fused-ring (bicyclic) bond motifs is 1. The molecule has 2 fully saturated rings. The Balaban J connectivity index is 0.00000150. The number of hydrogen-bond acceptors (Lipinski definition) is 5. The molecule has 9 heteroatoms. The van der Waals surface area contributed by atoms with Crippen LogP contribution in [0, 0.1) is 0 Å². The van der Waals surface area contributed by atoms with E-state index >= 15 is 0 Å². The Bertz CT molecular complexity index is 719. The smallest absolute Gasteiger partial charge is 0.242 e. The highest BCUT2D eigenvalue weighted by Crippen LogP contribution is 2.27. The zero-order valence-corrected chi connectivity index (χ0v) is 18.2. The van der Waals surface area contributed by atoms with Gasteiger partial charge in [-0.3, -0.25) is 14.5 Å². The summed E-state index contributed by atoms with van der Waals surface area (Å²) in [5, 5.41) is 0. The average molecular weight is 445 g/mol. The van der Waals surface area contributed by atoms with E-state index in [9.17, 15) is 9.59 Å². The molecule has 4 rings (SSSR count). The van der Waals surface area contributed by atoms with Gasteiger partial charge < -0.3 is 20.3 Å². The van der Waals surface area contributed by atoms with Crippen LogP contribution < -0.4 is 10.6 Å². The number of para-hydroxylation sites is 1. The van der Waals surface area contributed by atoms with Crippen molar-refractivity contribution in [2.75, 3.05) is 57.4 Å². The van der Waals surface area contributed by atoms with Crippen molar-refractivity contribution in [1.29, 1.82) is 0 Å². The molecule has 0 unspecified atom stereocenters. The number of benzene rings is 1. The first-order valence-corrected chi connectivity index (χ1v) is 9.83. The molecule has 3 heterocycles. The minimum atomic E-state index is -0.782. The molecule has 0 saturated carbocycles. The second-order valence-electron chi connectivity index (χ2n) is 7.76. The molecule has 0 aromatic heterocycles. The number of halogens is 2. The average Bonchev–Trinajstić information content (AvgIpc) is 3.13. The summed E-state index contributed by atoms with van der Waals surface area (Å²) in [6.45, 7) is 4.93. The van der Waals surface area contributed by atoms with Crippen molar-refractivity contribution in [2.45, 2.75) is 24.8 Å². The Labute approximate surface area is 184 Å². The topological polar surface area (TPSA) is 79.1 Å². The van der Waals surface area contributed by atoms with E-state index in [-0.39, 0.29) is 36.6 Å². The van der Waals surface area contributed by atoms with Crippen molar-refractivity contribution >= 4 is 42.3 Å². The van der Waals surface area contributed by atoms with Gasteiger partial charge in [-0.2, -0.15) is 0 Å². The van der Waals surface area contributed by atoms with Crippen molar-refractivity contribution in [3.8, 4) is 0 Å². The number of anilines is 1. The molecule has 0 aliphatic carbocycles. The summed E-state index contributed by atoms with van der Waals surface area (Å²) in [4.78, 5) is 31.5. The Hall–Kier alpha value is -1.38. The Kier molecular flexibility index (Phi) is 8.31. The third-order valence-electron chi connectivity index (χ3n) is 6.02. The normalized spacial score (nSPS) is 21.0. The van der Waals surface area contributed by atoms with Crippen LogP contribution in [-0.4, -0.2) is 79.6 Å². The molecule has 0 radical (unpaired) electrons. The van der Waals surface area contributed by atoms with Gasteiger partial charge in [0.05, 0.1) is 12.1 Å². The van der Waals surface area contributed by atoms with Crippen LogP contribution in [0.4, 0.5) is 5.69 Å². The molecule has 0 bridgehead atoms. The van der Waals surface area contributed by atoms with Crippen LogP contribution in [0.2, 0.25) is 0 Å². The van der Waals surface area contributed by atoms with Crippen LogP contribution in [-0.2, 0) is 20.7 Å². The molecule has 162 valence electrons. The lowest BCUT2D eigenvalue weighted by atomic mass is 9.89. The predicted octanol–water partition coefficient (Wildman–Crippen LogP) is 1.07. The summed E-state index contributed by atoms with van der Waals surface area (Å²) in [6.07, 6.45) is 2.09. The number of hydrogen-bond donors (Lipinski definition) is 1. The first-order chi connectivity index (χ1) is 13.1. The fourth-order valence-corrected chi connectivity index (χ4v) is 4.25. The maximum Gasteiger partial charge on any atom is 0.242 e. The fourth-order valence-electron chi connectivity index (χ4n) is 4.25. The molecule has 7 nitrogen and oxygen atoms in total. The zero-order chi connectivity index (χ0) is 18.9. The highest BCUT2D eigenvalue weighted by Gasteiger charge is 2.40. The lowest BCUT2D eigenvalue weighted by Crippen LogP contribution is -2.61. The van der Waals surface area contributed by atoms with Gasteiger partial charge in [0.2, 0.25) is 11.8 Å². The summed E-state index contributed by atoms with van der Waals surface area (Å²) >= 11 is 0. The molecule has 2 saturated heterocycles. The van der Waals surface area contributed by atoms with Crippen LogP contribution in [0.15, 0.2) is 24.3 Å². The second kappa shape index (κ2) is 10.1. The molecule has 1 aromatic rings. The Morgan fingerprint density at radius 1 is 1.00 bits per heavy atom. The van der Waals surface area contributed by atoms with Crippen LogP contribution >= 0.6 is 24.8 Å². The largest absolute Gasteiger partial charge is 0.381 e. The monoisotopic (exact) mass is 444 g/mol. The lowest BCUT2D eigenvalue weighted by Gasteiger charge is -2.41. The van der Waals surface area contributed by atoms with Crippen molar-refractivity contribution < 1.29 is 14.3 Å². The first kappa shape index (κ1) is 23.9. The molecule has 0 spiro atoms. The summed E-state index contributed by atoms with van der Waals surface area (Å²) in [5.74, 6) is 0.171. The van der Waals surface area contributed by atoms with E-state index in [1.807, 2.05) is 28.0 Å². The van der Waals surface area contributed by atoms with Crippen LogP contribution in [0.3, 0.4) is 0 Å². The summed E-state index contributed by atoms with van der Waals surface area (Å²) in [7, 11) is 0. The molecule has 2 amide bonds. The van der Waals surface area contributed by atoms with Gasteiger partial charge in [-0.25, -0.2) is 0 Å². The molecule has 1 aromatic carbocycles. The van der Waals surface area contributed by atoms with E-state index in [1.54, 1.807) is 0 Å². The summed E-state index contributed by atoms with van der Waals surface area (Å²) in [5.41, 5.74) is 7.83. The number of nitrogens with two attached hydrogens (primary N) is 1. The van der Waals surface area contributed by atoms with E-state index in [0.717, 1.165) is 18.7 Å². The molecule has 3 aliphatic rings. The van der Waals surface area contributed by atoms with E-state index < -0.39 is 5.54 Å². The molecule has 3 aliphatic heterocycles. The number of carbonyl (C=O) groups is 2. The van der Waals surface area contributed by atoms with E-state index in [2.05, 4.69) is 11.0 Å². The Morgan fingerprint density at radius 2 is 1.66 bits per heavy atom. The quantitative estimate of drug-likeness (QED) is 0.753. The number of ether oxygens (including phenoxy) is 1. The van der Waals surface area contributed by atoms with Gasteiger partial charge in [0.15, 0.2) is 0 Å². The number of rotatable bonds is 3. The van der Waals surface area contributed by atoms with Gasteiger partial charge in [-0.05, 0) is 30.9 Å². The highest BCUT2D eigenvalue weighted by molar-refractivity contribution is 5.96. The summed E-state index contributed by atoms with van der Waals surface area (Å²) in [6, 6.07) is 8.11.